The molecule has 1 aliphatic heterocycles. The molecule has 0 spiro atoms. The first-order chi connectivity index (χ1) is 10.1. The van der Waals surface area contributed by atoms with Crippen molar-refractivity contribution in [2.24, 2.45) is 11.8 Å². The Morgan fingerprint density at radius 3 is 2.57 bits per heavy atom. The monoisotopic (exact) mass is 312 g/mol. The second kappa shape index (κ2) is 8.21. The molecule has 1 N–H and O–H groups in total. The minimum Gasteiger partial charge on any atom is -0.311 e. The molecule has 3 heteroatoms. The lowest BCUT2D eigenvalue weighted by Crippen LogP contribution is -2.62. The number of nitrogens with one attached hydrogen (secondary N) is 1. The van der Waals surface area contributed by atoms with Gasteiger partial charge >= 0.3 is 0 Å². The fraction of sp³-hybridized carbons (Fsp3) is 1.00. The zero-order valence-corrected chi connectivity index (χ0v) is 15.6. The summed E-state index contributed by atoms with van der Waals surface area (Å²) in [4.78, 5) is 2.90. The average molecular weight is 313 g/mol. The molecule has 1 saturated carbocycles. The summed E-state index contributed by atoms with van der Waals surface area (Å²) >= 11 is 2.19. The molecule has 1 heterocycles. The molecule has 0 aromatic rings. The lowest BCUT2D eigenvalue weighted by atomic mass is 9.90. The highest BCUT2D eigenvalue weighted by atomic mass is 32.2. The van der Waals surface area contributed by atoms with Crippen LogP contribution in [0.15, 0.2) is 0 Å². The van der Waals surface area contributed by atoms with Gasteiger partial charge in [0.2, 0.25) is 0 Å². The Hall–Kier alpha value is 0.270. The van der Waals surface area contributed by atoms with Gasteiger partial charge in [0, 0.05) is 36.5 Å². The normalized spacial score (nSPS) is 36.3. The fourth-order valence-electron chi connectivity index (χ4n) is 4.13. The molecule has 0 amide bonds. The summed E-state index contributed by atoms with van der Waals surface area (Å²) in [5, 5.41) is 4.77. The molecule has 2 aliphatic rings. The topological polar surface area (TPSA) is 15.3 Å². The lowest BCUT2D eigenvalue weighted by Gasteiger charge is -2.47. The molecule has 2 nitrogen and oxygen atoms in total. The molecule has 2 rings (SSSR count). The summed E-state index contributed by atoms with van der Waals surface area (Å²) in [6.45, 7) is 14.3. The molecule has 124 valence electrons. The molecule has 5 unspecified atom stereocenters. The van der Waals surface area contributed by atoms with E-state index in [-0.39, 0.29) is 0 Å². The number of rotatable bonds is 6. The van der Waals surface area contributed by atoms with Gasteiger partial charge in [-0.1, -0.05) is 41.0 Å². The smallest absolute Gasteiger partial charge is 0.0247 e. The Morgan fingerprint density at radius 2 is 1.95 bits per heavy atom. The zero-order chi connectivity index (χ0) is 15.4. The van der Waals surface area contributed by atoms with Crippen molar-refractivity contribution < 1.29 is 0 Å². The number of hydrogen-bond donors (Lipinski definition) is 1. The molecule has 0 bridgehead atoms. The van der Waals surface area contributed by atoms with Gasteiger partial charge in [-0.25, -0.2) is 0 Å². The second-order valence-corrected chi connectivity index (χ2v) is 9.03. The third-order valence-electron chi connectivity index (χ3n) is 5.75. The number of nitrogens with zero attached hydrogens (tertiary/aromatic N) is 1. The molecule has 5 atom stereocenters. The fourth-order valence-corrected chi connectivity index (χ4v) is 5.26. The maximum atomic E-state index is 3.84. The molecule has 0 aromatic carbocycles. The van der Waals surface area contributed by atoms with Crippen LogP contribution in [0.25, 0.3) is 0 Å². The maximum Gasteiger partial charge on any atom is 0.0247 e. The van der Waals surface area contributed by atoms with E-state index in [1.807, 2.05) is 0 Å². The van der Waals surface area contributed by atoms with E-state index in [0.717, 1.165) is 29.2 Å². The van der Waals surface area contributed by atoms with Crippen LogP contribution in [0.3, 0.4) is 0 Å². The van der Waals surface area contributed by atoms with Gasteiger partial charge in [0.25, 0.3) is 0 Å². The molecule has 21 heavy (non-hydrogen) atoms. The van der Waals surface area contributed by atoms with Crippen LogP contribution in [-0.4, -0.2) is 47.1 Å². The van der Waals surface area contributed by atoms with Crippen LogP contribution < -0.4 is 5.32 Å². The van der Waals surface area contributed by atoms with Crippen molar-refractivity contribution >= 4 is 11.8 Å². The van der Waals surface area contributed by atoms with E-state index in [9.17, 15) is 0 Å². The molecular formula is C18H36N2S. The minimum atomic E-state index is 0.697. The third kappa shape index (κ3) is 4.39. The van der Waals surface area contributed by atoms with Gasteiger partial charge in [-0.2, -0.15) is 11.8 Å². The van der Waals surface area contributed by atoms with Crippen LogP contribution >= 0.6 is 11.8 Å². The van der Waals surface area contributed by atoms with Crippen LogP contribution in [0.1, 0.15) is 60.3 Å². The van der Waals surface area contributed by atoms with Crippen molar-refractivity contribution in [3.63, 3.8) is 0 Å². The van der Waals surface area contributed by atoms with E-state index in [0.29, 0.717) is 6.04 Å². The van der Waals surface area contributed by atoms with Crippen molar-refractivity contribution in [1.82, 2.24) is 10.2 Å². The summed E-state index contributed by atoms with van der Waals surface area (Å²) in [6.07, 6.45) is 5.58. The van der Waals surface area contributed by atoms with Crippen molar-refractivity contribution in [3.8, 4) is 0 Å². The van der Waals surface area contributed by atoms with Gasteiger partial charge in [0.15, 0.2) is 0 Å². The number of thioether (sulfide) groups is 1. The Balaban J connectivity index is 2.01. The number of piperazine rings is 1. The van der Waals surface area contributed by atoms with Crippen LogP contribution in [0, 0.1) is 11.8 Å². The Kier molecular flexibility index (Phi) is 6.89. The highest BCUT2D eigenvalue weighted by Gasteiger charge is 2.38. The Bertz CT molecular complexity index is 308. The summed E-state index contributed by atoms with van der Waals surface area (Å²) in [5.41, 5.74) is 0. The van der Waals surface area contributed by atoms with E-state index in [2.05, 4.69) is 56.6 Å². The van der Waals surface area contributed by atoms with Crippen LogP contribution in [0.5, 0.6) is 0 Å². The van der Waals surface area contributed by atoms with E-state index in [4.69, 9.17) is 0 Å². The van der Waals surface area contributed by atoms with Gasteiger partial charge in [-0.15, -0.1) is 0 Å². The molecule has 0 radical (unpaired) electrons. The average Bonchev–Trinajstić information content (AvgIpc) is 2.94. The van der Waals surface area contributed by atoms with E-state index < -0.39 is 0 Å². The highest BCUT2D eigenvalue weighted by Crippen LogP contribution is 2.35. The zero-order valence-electron chi connectivity index (χ0n) is 14.8. The van der Waals surface area contributed by atoms with E-state index >= 15 is 0 Å². The summed E-state index contributed by atoms with van der Waals surface area (Å²) in [6, 6.07) is 2.28. The SMILES string of the molecule is CCSC1CCC(N2CC(C(C)CC)NCC2C(C)C)C1. The second-order valence-electron chi connectivity index (χ2n) is 7.45. The molecule has 1 aliphatic carbocycles. The first-order valence-electron chi connectivity index (χ1n) is 9.17. The number of hydrogen-bond acceptors (Lipinski definition) is 3. The van der Waals surface area contributed by atoms with Gasteiger partial charge < -0.3 is 5.32 Å². The Labute approximate surface area is 136 Å². The first kappa shape index (κ1) is 17.6. The predicted octanol–water partition coefficient (Wildman–Crippen LogP) is 4.01. The van der Waals surface area contributed by atoms with Crippen molar-refractivity contribution in [1.29, 1.82) is 0 Å². The molecule has 1 saturated heterocycles. The quantitative estimate of drug-likeness (QED) is 0.798. The molecule has 2 fully saturated rings. The largest absolute Gasteiger partial charge is 0.311 e. The Morgan fingerprint density at radius 1 is 1.19 bits per heavy atom. The van der Waals surface area contributed by atoms with Crippen molar-refractivity contribution in [3.05, 3.63) is 0 Å². The maximum absolute atomic E-state index is 3.84. The third-order valence-corrected chi connectivity index (χ3v) is 6.98. The van der Waals surface area contributed by atoms with E-state index in [1.165, 1.54) is 44.5 Å². The predicted molar refractivity (Wildman–Crippen MR) is 96.1 cm³/mol. The minimum absolute atomic E-state index is 0.697. The van der Waals surface area contributed by atoms with Crippen LogP contribution in [0.2, 0.25) is 0 Å². The standard InChI is InChI=1S/C18H36N2S/c1-6-14(5)17-12-20(18(11-19-17)13(3)4)15-8-9-16(10-15)21-7-2/h13-19H,6-12H2,1-5H3. The van der Waals surface area contributed by atoms with E-state index in [1.54, 1.807) is 0 Å². The van der Waals surface area contributed by atoms with Crippen LogP contribution in [-0.2, 0) is 0 Å². The van der Waals surface area contributed by atoms with Gasteiger partial charge in [-0.3, -0.25) is 4.90 Å². The highest BCUT2D eigenvalue weighted by molar-refractivity contribution is 7.99. The van der Waals surface area contributed by atoms with Gasteiger partial charge in [-0.05, 0) is 36.9 Å². The molecular weight excluding hydrogens is 276 g/mol. The first-order valence-corrected chi connectivity index (χ1v) is 10.2. The van der Waals surface area contributed by atoms with Gasteiger partial charge in [0.05, 0.1) is 0 Å². The summed E-state index contributed by atoms with van der Waals surface area (Å²) in [5.74, 6) is 2.83. The van der Waals surface area contributed by atoms with Crippen molar-refractivity contribution in [2.75, 3.05) is 18.8 Å². The summed E-state index contributed by atoms with van der Waals surface area (Å²) < 4.78 is 0. The molecule has 0 aromatic heterocycles. The van der Waals surface area contributed by atoms with Crippen molar-refractivity contribution in [2.45, 2.75) is 83.7 Å². The van der Waals surface area contributed by atoms with Gasteiger partial charge in [0.1, 0.15) is 0 Å². The lowest BCUT2D eigenvalue weighted by molar-refractivity contribution is 0.0453. The summed E-state index contributed by atoms with van der Waals surface area (Å²) in [7, 11) is 0. The van der Waals surface area contributed by atoms with Crippen LogP contribution in [0.4, 0.5) is 0 Å².